The van der Waals surface area contributed by atoms with Crippen molar-refractivity contribution in [2.45, 2.75) is 12.2 Å². The quantitative estimate of drug-likeness (QED) is 0.767. The van der Waals surface area contributed by atoms with Gasteiger partial charge in [-0.05, 0) is 0 Å². The van der Waals surface area contributed by atoms with Crippen molar-refractivity contribution in [3.8, 4) is 0 Å². The Morgan fingerprint density at radius 2 is 2.33 bits per heavy atom. The molecule has 0 aliphatic carbocycles. The zero-order valence-electron chi connectivity index (χ0n) is 7.32. The molecule has 1 aromatic rings. The van der Waals surface area contributed by atoms with Crippen molar-refractivity contribution in [1.29, 1.82) is 0 Å². The van der Waals surface area contributed by atoms with Crippen molar-refractivity contribution in [3.63, 3.8) is 0 Å². The van der Waals surface area contributed by atoms with Gasteiger partial charge in [0.1, 0.15) is 12.6 Å². The molecule has 5 nitrogen and oxygen atoms in total. The van der Waals surface area contributed by atoms with Gasteiger partial charge in [-0.2, -0.15) is 13.2 Å². The van der Waals surface area contributed by atoms with Gasteiger partial charge in [0, 0.05) is 0 Å². The van der Waals surface area contributed by atoms with Crippen molar-refractivity contribution in [2.24, 2.45) is 5.73 Å². The second-order valence-corrected chi connectivity index (χ2v) is 2.60. The van der Waals surface area contributed by atoms with Crippen molar-refractivity contribution < 1.29 is 27.1 Å². The summed E-state index contributed by atoms with van der Waals surface area (Å²) in [6.45, 7) is -0.314. The van der Waals surface area contributed by atoms with Gasteiger partial charge in [-0.25, -0.2) is 4.98 Å². The molecular weight excluding hydrogens is 217 g/mol. The molecule has 0 fully saturated rings. The van der Waals surface area contributed by atoms with Crippen LogP contribution in [0.4, 0.5) is 13.2 Å². The summed E-state index contributed by atoms with van der Waals surface area (Å²) in [7, 11) is 0. The van der Waals surface area contributed by atoms with Crippen LogP contribution in [0.15, 0.2) is 10.8 Å². The summed E-state index contributed by atoms with van der Waals surface area (Å²) in [6, 6.07) is -1.19. The molecule has 2 N–H and O–H groups in total. The van der Waals surface area contributed by atoms with E-state index in [-0.39, 0.29) is 6.47 Å². The first-order valence-corrected chi connectivity index (χ1v) is 3.78. The summed E-state index contributed by atoms with van der Waals surface area (Å²) in [5.74, 6) is -0.552. The van der Waals surface area contributed by atoms with Crippen molar-refractivity contribution in [3.05, 3.63) is 17.8 Å². The third-order valence-corrected chi connectivity index (χ3v) is 1.54. The average molecular weight is 224 g/mol. The second kappa shape index (κ2) is 4.30. The fourth-order valence-corrected chi connectivity index (χ4v) is 0.950. The topological polar surface area (TPSA) is 78.4 Å². The number of aromatic nitrogens is 1. The molecule has 1 rings (SSSR count). The van der Waals surface area contributed by atoms with Gasteiger partial charge in [0.15, 0.2) is 17.8 Å². The molecule has 0 radical (unpaired) electrons. The summed E-state index contributed by atoms with van der Waals surface area (Å²) < 4.78 is 45.6. The molecule has 1 unspecified atom stereocenters. The third-order valence-electron chi connectivity index (χ3n) is 1.54. The van der Waals surface area contributed by atoms with Crippen LogP contribution in [-0.2, 0) is 15.7 Å². The van der Waals surface area contributed by atoms with Gasteiger partial charge in [0.2, 0.25) is 0 Å². The number of ether oxygens (including phenoxy) is 1. The van der Waals surface area contributed by atoms with Gasteiger partial charge in [-0.15, -0.1) is 0 Å². The highest BCUT2D eigenvalue weighted by Crippen LogP contribution is 2.32. The van der Waals surface area contributed by atoms with Crippen LogP contribution in [-0.4, -0.2) is 18.1 Å². The van der Waals surface area contributed by atoms with Crippen LogP contribution in [0.2, 0.25) is 0 Å². The lowest BCUT2D eigenvalue weighted by Crippen LogP contribution is -2.20. The summed E-state index contributed by atoms with van der Waals surface area (Å²) in [5.41, 5.74) is 4.10. The minimum Gasteiger partial charge on any atom is -0.466 e. The van der Waals surface area contributed by atoms with Crippen molar-refractivity contribution >= 4 is 6.47 Å². The molecule has 0 saturated carbocycles. The van der Waals surface area contributed by atoms with Crippen molar-refractivity contribution in [1.82, 2.24) is 4.98 Å². The number of hydrogen-bond donors (Lipinski definition) is 1. The summed E-state index contributed by atoms with van der Waals surface area (Å²) in [5, 5.41) is 0. The Hall–Kier alpha value is -1.57. The standard InChI is InChI=1S/C7H7F3N2O3/c8-7(9,10)6-5(15-2-12-6)4(11)1-14-3-13/h2-4H,1,11H2. The van der Waals surface area contributed by atoms with Gasteiger partial charge >= 0.3 is 6.18 Å². The number of nitrogens with two attached hydrogens (primary N) is 1. The molecular formula is C7H7F3N2O3. The fourth-order valence-electron chi connectivity index (χ4n) is 0.950. The van der Waals surface area contributed by atoms with Crippen LogP contribution >= 0.6 is 0 Å². The van der Waals surface area contributed by atoms with Gasteiger partial charge < -0.3 is 14.9 Å². The van der Waals surface area contributed by atoms with Crippen LogP contribution in [0.3, 0.4) is 0 Å². The lowest BCUT2D eigenvalue weighted by Gasteiger charge is -2.10. The van der Waals surface area contributed by atoms with E-state index in [1.54, 1.807) is 0 Å². The molecule has 15 heavy (non-hydrogen) atoms. The number of alkyl halides is 3. The highest BCUT2D eigenvalue weighted by Gasteiger charge is 2.39. The highest BCUT2D eigenvalue weighted by molar-refractivity contribution is 5.37. The molecule has 1 atom stereocenters. The molecule has 0 aromatic carbocycles. The molecule has 0 amide bonds. The first-order chi connectivity index (χ1) is 6.96. The Labute approximate surface area is 82.0 Å². The highest BCUT2D eigenvalue weighted by atomic mass is 19.4. The summed E-state index contributed by atoms with van der Waals surface area (Å²) in [6.07, 6.45) is -4.00. The van der Waals surface area contributed by atoms with E-state index in [2.05, 4.69) is 14.1 Å². The van der Waals surface area contributed by atoms with Gasteiger partial charge in [-0.3, -0.25) is 4.79 Å². The number of rotatable bonds is 4. The number of nitrogens with zero attached hydrogens (tertiary/aromatic N) is 1. The molecule has 84 valence electrons. The minimum absolute atomic E-state index is 0.0868. The van der Waals surface area contributed by atoms with Crippen LogP contribution < -0.4 is 5.73 Å². The maximum atomic E-state index is 12.3. The SMILES string of the molecule is NC(COC=O)c1ocnc1C(F)(F)F. The molecule has 1 heterocycles. The van der Waals surface area contributed by atoms with Crippen LogP contribution in [0, 0.1) is 0 Å². The second-order valence-electron chi connectivity index (χ2n) is 2.60. The Bertz CT molecular complexity index is 336. The molecule has 0 bridgehead atoms. The number of carbonyl (C=O) groups excluding carboxylic acids is 1. The lowest BCUT2D eigenvalue weighted by molar-refractivity contribution is -0.142. The Morgan fingerprint density at radius 1 is 1.67 bits per heavy atom. The van der Waals surface area contributed by atoms with Crippen molar-refractivity contribution in [2.75, 3.05) is 6.61 Å². The number of carbonyl (C=O) groups is 1. The Balaban J connectivity index is 2.85. The van der Waals surface area contributed by atoms with Gasteiger partial charge in [0.05, 0.1) is 0 Å². The summed E-state index contributed by atoms with van der Waals surface area (Å²) >= 11 is 0. The smallest absolute Gasteiger partial charge is 0.436 e. The fraction of sp³-hybridized carbons (Fsp3) is 0.429. The number of oxazole rings is 1. The normalized spacial score (nSPS) is 13.6. The number of hydrogen-bond acceptors (Lipinski definition) is 5. The molecule has 0 saturated heterocycles. The van der Waals surface area contributed by atoms with E-state index < -0.39 is 30.3 Å². The van der Waals surface area contributed by atoms with E-state index >= 15 is 0 Å². The van der Waals surface area contributed by atoms with Gasteiger partial charge in [0.25, 0.3) is 6.47 Å². The zero-order chi connectivity index (χ0) is 11.5. The van der Waals surface area contributed by atoms with E-state index in [1.165, 1.54) is 0 Å². The van der Waals surface area contributed by atoms with E-state index in [9.17, 15) is 18.0 Å². The van der Waals surface area contributed by atoms with Crippen LogP contribution in [0.5, 0.6) is 0 Å². The van der Waals surface area contributed by atoms with Crippen LogP contribution in [0.1, 0.15) is 17.5 Å². The zero-order valence-corrected chi connectivity index (χ0v) is 7.32. The van der Waals surface area contributed by atoms with E-state index in [0.717, 1.165) is 0 Å². The Kier molecular flexibility index (Phi) is 3.30. The number of halogens is 3. The molecule has 1 aromatic heterocycles. The minimum atomic E-state index is -4.64. The molecule has 0 spiro atoms. The monoisotopic (exact) mass is 224 g/mol. The third kappa shape index (κ3) is 2.69. The molecule has 0 aliphatic rings. The van der Waals surface area contributed by atoms with E-state index in [0.29, 0.717) is 6.39 Å². The largest absolute Gasteiger partial charge is 0.466 e. The average Bonchev–Trinajstić information content (AvgIpc) is 2.61. The Morgan fingerprint density at radius 3 is 2.87 bits per heavy atom. The first-order valence-electron chi connectivity index (χ1n) is 3.78. The van der Waals surface area contributed by atoms with Crippen LogP contribution in [0.25, 0.3) is 0 Å². The first kappa shape index (κ1) is 11.5. The van der Waals surface area contributed by atoms with E-state index in [4.69, 9.17) is 5.73 Å². The molecule has 0 aliphatic heterocycles. The lowest BCUT2D eigenvalue weighted by atomic mass is 10.2. The maximum Gasteiger partial charge on any atom is 0.436 e. The van der Waals surface area contributed by atoms with Gasteiger partial charge in [-0.1, -0.05) is 0 Å². The van der Waals surface area contributed by atoms with E-state index in [1.807, 2.05) is 0 Å². The predicted molar refractivity (Wildman–Crippen MR) is 40.4 cm³/mol. The summed E-state index contributed by atoms with van der Waals surface area (Å²) in [4.78, 5) is 12.8. The molecule has 8 heteroatoms. The maximum absolute atomic E-state index is 12.3. The predicted octanol–water partition coefficient (Wildman–Crippen LogP) is 0.866.